The molecular weight excluding hydrogens is 338 g/mol. The van der Waals surface area contributed by atoms with Crippen LogP contribution in [0.3, 0.4) is 0 Å². The number of benzene rings is 2. The van der Waals surface area contributed by atoms with Crippen LogP contribution in [0.5, 0.6) is 5.75 Å². The summed E-state index contributed by atoms with van der Waals surface area (Å²) in [6.45, 7) is 1.93. The molecule has 2 aromatic rings. The van der Waals surface area contributed by atoms with Gasteiger partial charge in [0, 0.05) is 5.69 Å². The molecule has 1 heterocycles. The van der Waals surface area contributed by atoms with Crippen molar-refractivity contribution in [3.63, 3.8) is 0 Å². The number of aliphatic hydroxyl groups is 1. The SMILES string of the molecule is Cc1c(CO)ccc2c1NC(=O)[C@]2(c1ccc(O)cc1)C1CCCCCC1. The molecule has 142 valence electrons. The van der Waals surface area contributed by atoms with E-state index in [-0.39, 0.29) is 24.2 Å². The van der Waals surface area contributed by atoms with Crippen LogP contribution in [-0.2, 0) is 16.8 Å². The van der Waals surface area contributed by atoms with E-state index in [0.29, 0.717) is 0 Å². The standard InChI is InChI=1S/C23H27NO3/c1-15-16(14-25)8-13-20-21(15)24-22(27)23(20,17-6-4-2-3-5-7-17)18-9-11-19(26)12-10-18/h8-13,17,25-26H,2-7,14H2,1H3,(H,24,27)/t23-/m0/s1. The zero-order valence-electron chi connectivity index (χ0n) is 15.8. The molecular formula is C23H27NO3. The Labute approximate surface area is 160 Å². The summed E-state index contributed by atoms with van der Waals surface area (Å²) in [5, 5.41) is 22.6. The van der Waals surface area contributed by atoms with Gasteiger partial charge in [0.2, 0.25) is 5.91 Å². The Balaban J connectivity index is 1.96. The van der Waals surface area contributed by atoms with E-state index in [1.807, 2.05) is 31.2 Å². The summed E-state index contributed by atoms with van der Waals surface area (Å²) in [4.78, 5) is 13.6. The normalized spacial score (nSPS) is 23.0. The number of hydrogen-bond donors (Lipinski definition) is 3. The van der Waals surface area contributed by atoms with Gasteiger partial charge in [0.05, 0.1) is 6.61 Å². The number of phenols is 1. The summed E-state index contributed by atoms with van der Waals surface area (Å²) in [6.07, 6.45) is 6.77. The first kappa shape index (κ1) is 18.1. The maximum atomic E-state index is 13.6. The fraction of sp³-hybridized carbons (Fsp3) is 0.435. The average Bonchev–Trinajstić information content (AvgIpc) is 2.83. The highest BCUT2D eigenvalue weighted by atomic mass is 16.3. The van der Waals surface area contributed by atoms with Crippen LogP contribution in [-0.4, -0.2) is 16.1 Å². The number of hydrogen-bond acceptors (Lipinski definition) is 3. The Bertz CT molecular complexity index is 851. The smallest absolute Gasteiger partial charge is 0.239 e. The van der Waals surface area contributed by atoms with Gasteiger partial charge in [-0.3, -0.25) is 4.79 Å². The minimum absolute atomic E-state index is 0.0216. The topological polar surface area (TPSA) is 69.6 Å². The highest BCUT2D eigenvalue weighted by Gasteiger charge is 2.53. The molecule has 0 unspecified atom stereocenters. The third-order valence-corrected chi connectivity index (χ3v) is 6.56. The molecule has 1 aliphatic carbocycles. The number of fused-ring (bicyclic) bond motifs is 1. The summed E-state index contributed by atoms with van der Waals surface area (Å²) < 4.78 is 0. The number of carbonyl (C=O) groups excluding carboxylic acids is 1. The van der Waals surface area contributed by atoms with E-state index in [9.17, 15) is 15.0 Å². The maximum absolute atomic E-state index is 13.6. The van der Waals surface area contributed by atoms with Crippen molar-refractivity contribution in [1.29, 1.82) is 0 Å². The Kier molecular flexibility index (Phi) is 4.68. The summed E-state index contributed by atoms with van der Waals surface area (Å²) in [5.41, 5.74) is 3.86. The van der Waals surface area contributed by atoms with E-state index < -0.39 is 5.41 Å². The first-order chi connectivity index (χ1) is 13.1. The minimum atomic E-state index is -0.730. The van der Waals surface area contributed by atoms with Crippen molar-refractivity contribution in [3.05, 3.63) is 58.7 Å². The van der Waals surface area contributed by atoms with E-state index in [2.05, 4.69) is 5.32 Å². The third kappa shape index (κ3) is 2.74. The van der Waals surface area contributed by atoms with Crippen LogP contribution in [0.4, 0.5) is 5.69 Å². The van der Waals surface area contributed by atoms with Crippen LogP contribution < -0.4 is 5.32 Å². The number of carbonyl (C=O) groups is 1. The highest BCUT2D eigenvalue weighted by Crippen LogP contribution is 2.53. The van der Waals surface area contributed by atoms with E-state index >= 15 is 0 Å². The van der Waals surface area contributed by atoms with Gasteiger partial charge in [-0.1, -0.05) is 49.9 Å². The van der Waals surface area contributed by atoms with Gasteiger partial charge in [-0.05, 0) is 60.1 Å². The molecule has 1 amide bonds. The lowest BCUT2D eigenvalue weighted by Gasteiger charge is -2.36. The Morgan fingerprint density at radius 2 is 1.70 bits per heavy atom. The predicted molar refractivity (Wildman–Crippen MR) is 106 cm³/mol. The molecule has 1 aliphatic heterocycles. The van der Waals surface area contributed by atoms with Gasteiger partial charge in [-0.25, -0.2) is 0 Å². The number of nitrogens with one attached hydrogen (secondary N) is 1. The fourth-order valence-corrected chi connectivity index (χ4v) is 5.11. The van der Waals surface area contributed by atoms with Crippen molar-refractivity contribution in [2.24, 2.45) is 5.92 Å². The molecule has 1 atom stereocenters. The number of aliphatic hydroxyl groups excluding tert-OH is 1. The number of anilines is 1. The quantitative estimate of drug-likeness (QED) is 0.706. The maximum Gasteiger partial charge on any atom is 0.239 e. The molecule has 0 bridgehead atoms. The van der Waals surface area contributed by atoms with Crippen molar-refractivity contribution < 1.29 is 15.0 Å². The van der Waals surface area contributed by atoms with Crippen LogP contribution in [0.25, 0.3) is 0 Å². The first-order valence-electron chi connectivity index (χ1n) is 9.93. The zero-order chi connectivity index (χ0) is 19.0. The fourth-order valence-electron chi connectivity index (χ4n) is 5.11. The molecule has 2 aliphatic rings. The van der Waals surface area contributed by atoms with E-state index in [1.54, 1.807) is 12.1 Å². The second-order valence-corrected chi connectivity index (χ2v) is 7.93. The molecule has 4 heteroatoms. The largest absolute Gasteiger partial charge is 0.508 e. The summed E-state index contributed by atoms with van der Waals surface area (Å²) >= 11 is 0. The minimum Gasteiger partial charge on any atom is -0.508 e. The van der Waals surface area contributed by atoms with Gasteiger partial charge in [-0.2, -0.15) is 0 Å². The van der Waals surface area contributed by atoms with Crippen LogP contribution in [0, 0.1) is 12.8 Å². The van der Waals surface area contributed by atoms with Crippen molar-refractivity contribution in [2.45, 2.75) is 57.5 Å². The second kappa shape index (κ2) is 7.01. The Hall–Kier alpha value is -2.33. The summed E-state index contributed by atoms with van der Waals surface area (Å²) in [5.74, 6) is 0.457. The molecule has 1 saturated carbocycles. The number of amides is 1. The molecule has 4 nitrogen and oxygen atoms in total. The van der Waals surface area contributed by atoms with Crippen molar-refractivity contribution in [2.75, 3.05) is 5.32 Å². The lowest BCUT2D eigenvalue weighted by atomic mass is 9.63. The third-order valence-electron chi connectivity index (χ3n) is 6.56. The molecule has 0 radical (unpaired) electrons. The number of phenolic OH excluding ortho intramolecular Hbond substituents is 1. The van der Waals surface area contributed by atoms with Crippen molar-refractivity contribution in [3.8, 4) is 5.75 Å². The molecule has 3 N–H and O–H groups in total. The van der Waals surface area contributed by atoms with Gasteiger partial charge in [0.25, 0.3) is 0 Å². The monoisotopic (exact) mass is 365 g/mol. The molecule has 0 spiro atoms. The van der Waals surface area contributed by atoms with Crippen molar-refractivity contribution in [1.82, 2.24) is 0 Å². The molecule has 2 aromatic carbocycles. The average molecular weight is 365 g/mol. The molecule has 1 fully saturated rings. The highest BCUT2D eigenvalue weighted by molar-refractivity contribution is 6.09. The molecule has 27 heavy (non-hydrogen) atoms. The van der Waals surface area contributed by atoms with Crippen molar-refractivity contribution >= 4 is 11.6 Å². The number of aromatic hydroxyl groups is 1. The van der Waals surface area contributed by atoms with E-state index in [1.165, 1.54) is 12.8 Å². The Morgan fingerprint density at radius 1 is 1.04 bits per heavy atom. The summed E-state index contributed by atoms with van der Waals surface area (Å²) in [7, 11) is 0. The van der Waals surface area contributed by atoms with Gasteiger partial charge in [0.1, 0.15) is 11.2 Å². The van der Waals surface area contributed by atoms with Gasteiger partial charge < -0.3 is 15.5 Å². The predicted octanol–water partition coefficient (Wildman–Crippen LogP) is 4.40. The molecule has 4 rings (SSSR count). The molecule has 0 saturated heterocycles. The zero-order valence-corrected chi connectivity index (χ0v) is 15.8. The van der Waals surface area contributed by atoms with Crippen LogP contribution in [0.2, 0.25) is 0 Å². The van der Waals surface area contributed by atoms with Gasteiger partial charge in [-0.15, -0.1) is 0 Å². The lowest BCUT2D eigenvalue weighted by Crippen LogP contribution is -2.43. The van der Waals surface area contributed by atoms with Crippen LogP contribution >= 0.6 is 0 Å². The van der Waals surface area contributed by atoms with Gasteiger partial charge >= 0.3 is 0 Å². The lowest BCUT2D eigenvalue weighted by molar-refractivity contribution is -0.121. The summed E-state index contributed by atoms with van der Waals surface area (Å²) in [6, 6.07) is 11.1. The Morgan fingerprint density at radius 3 is 2.33 bits per heavy atom. The molecule has 0 aromatic heterocycles. The second-order valence-electron chi connectivity index (χ2n) is 7.93. The first-order valence-corrected chi connectivity index (χ1v) is 9.93. The van der Waals surface area contributed by atoms with Crippen LogP contribution in [0.15, 0.2) is 36.4 Å². The number of rotatable bonds is 3. The van der Waals surface area contributed by atoms with Gasteiger partial charge in [0.15, 0.2) is 0 Å². The van der Waals surface area contributed by atoms with E-state index in [4.69, 9.17) is 0 Å². The van der Waals surface area contributed by atoms with Crippen LogP contribution in [0.1, 0.15) is 60.8 Å². The van der Waals surface area contributed by atoms with E-state index in [0.717, 1.165) is 53.6 Å².